The molecule has 1 aromatic heterocycles. The van der Waals surface area contributed by atoms with Crippen LogP contribution in [0.25, 0.3) is 38.6 Å². The smallest absolute Gasteiger partial charge is 0.0582 e. The zero-order chi connectivity index (χ0) is 18.9. The Kier molecular flexibility index (Phi) is 3.01. The lowest BCUT2D eigenvalue weighted by atomic mass is 9.74. The first kappa shape index (κ1) is 15.7. The van der Waals surface area contributed by atoms with E-state index in [1.54, 1.807) is 0 Å². The van der Waals surface area contributed by atoms with Gasteiger partial charge in [0, 0.05) is 16.2 Å². The van der Waals surface area contributed by atoms with Crippen LogP contribution in [0.3, 0.4) is 0 Å². The van der Waals surface area contributed by atoms with Crippen LogP contribution in [0.4, 0.5) is 0 Å². The molecule has 6 rings (SSSR count). The molecule has 0 spiro atoms. The summed E-state index contributed by atoms with van der Waals surface area (Å²) in [5.41, 5.74) is 9.22. The fraction of sp³-hybridized carbons (Fsp3) is 0.111. The van der Waals surface area contributed by atoms with Gasteiger partial charge in [-0.3, -0.25) is 0 Å². The lowest BCUT2D eigenvalue weighted by molar-refractivity contribution is 0.630. The minimum absolute atomic E-state index is 0.0516. The lowest BCUT2D eigenvalue weighted by Crippen LogP contribution is -2.26. The van der Waals surface area contributed by atoms with E-state index in [4.69, 9.17) is 0 Å². The van der Waals surface area contributed by atoms with E-state index in [9.17, 15) is 0 Å². The normalized spacial score (nSPS) is 14.4. The average molecular weight is 359 g/mol. The Morgan fingerprint density at radius 3 is 2.21 bits per heavy atom. The average Bonchev–Trinajstić information content (AvgIpc) is 3.08. The van der Waals surface area contributed by atoms with E-state index in [0.717, 1.165) is 0 Å². The van der Waals surface area contributed by atoms with E-state index in [1.807, 2.05) is 0 Å². The molecule has 0 saturated carbocycles. The van der Waals surface area contributed by atoms with Crippen LogP contribution in [0.15, 0.2) is 91.0 Å². The van der Waals surface area contributed by atoms with Crippen molar-refractivity contribution in [3.63, 3.8) is 0 Å². The predicted octanol–water partition coefficient (Wildman–Crippen LogP) is 7.09. The summed E-state index contributed by atoms with van der Waals surface area (Å²) in [5, 5.41) is 2.68. The number of nitrogens with zero attached hydrogens (tertiary/aromatic N) is 1. The largest absolute Gasteiger partial charge is 0.309 e. The molecule has 1 aliphatic heterocycles. The van der Waals surface area contributed by atoms with Crippen LogP contribution in [-0.4, -0.2) is 4.57 Å². The van der Waals surface area contributed by atoms with Crippen molar-refractivity contribution in [1.29, 1.82) is 0 Å². The van der Waals surface area contributed by atoms with Crippen molar-refractivity contribution in [2.24, 2.45) is 0 Å². The van der Waals surface area contributed by atoms with Gasteiger partial charge in [-0.2, -0.15) is 0 Å². The van der Waals surface area contributed by atoms with E-state index >= 15 is 0 Å². The van der Waals surface area contributed by atoms with Crippen molar-refractivity contribution in [3.05, 3.63) is 102 Å². The number of hydrogen-bond acceptors (Lipinski definition) is 0. The number of benzene rings is 4. The molecule has 134 valence electrons. The molecule has 1 nitrogen and oxygen atoms in total. The molecule has 4 aromatic carbocycles. The maximum absolute atomic E-state index is 2.47. The van der Waals surface area contributed by atoms with Gasteiger partial charge in [0.1, 0.15) is 0 Å². The second-order valence-electron chi connectivity index (χ2n) is 8.28. The van der Waals surface area contributed by atoms with E-state index in [-0.39, 0.29) is 5.41 Å². The Bertz CT molecular complexity index is 1370. The minimum atomic E-state index is -0.0516. The summed E-state index contributed by atoms with van der Waals surface area (Å²) in [5.74, 6) is 0. The molecular formula is C27H21N. The summed E-state index contributed by atoms with van der Waals surface area (Å²) >= 11 is 0. The molecule has 2 heterocycles. The molecule has 0 fully saturated rings. The molecule has 0 aliphatic carbocycles. The fourth-order valence-electron chi connectivity index (χ4n) is 4.96. The van der Waals surface area contributed by atoms with Gasteiger partial charge in [-0.05, 0) is 40.5 Å². The number of fused-ring (bicyclic) bond motifs is 5. The highest BCUT2D eigenvalue weighted by atomic mass is 15.0. The van der Waals surface area contributed by atoms with Crippen molar-refractivity contribution in [1.82, 2.24) is 4.57 Å². The van der Waals surface area contributed by atoms with Crippen molar-refractivity contribution < 1.29 is 0 Å². The Labute approximate surface area is 164 Å². The summed E-state index contributed by atoms with van der Waals surface area (Å²) in [6.45, 7) is 4.72. The molecule has 28 heavy (non-hydrogen) atoms. The quantitative estimate of drug-likeness (QED) is 0.301. The first-order chi connectivity index (χ1) is 13.7. The van der Waals surface area contributed by atoms with Gasteiger partial charge in [-0.25, -0.2) is 0 Å². The van der Waals surface area contributed by atoms with Gasteiger partial charge in [-0.15, -0.1) is 0 Å². The maximum atomic E-state index is 2.47. The summed E-state index contributed by atoms with van der Waals surface area (Å²) in [4.78, 5) is 0. The van der Waals surface area contributed by atoms with Crippen LogP contribution < -0.4 is 0 Å². The maximum Gasteiger partial charge on any atom is 0.0582 e. The fourth-order valence-corrected chi connectivity index (χ4v) is 4.96. The second-order valence-corrected chi connectivity index (χ2v) is 8.28. The van der Waals surface area contributed by atoms with Gasteiger partial charge in [0.15, 0.2) is 0 Å². The SMILES string of the molecule is CC1(C)c2cc(-c3ccccc3)ccc2-n2c3ccccc3c3cccc1c32. The Hall–Kier alpha value is -3.32. The first-order valence-electron chi connectivity index (χ1n) is 9.89. The summed E-state index contributed by atoms with van der Waals surface area (Å²) < 4.78 is 2.47. The highest BCUT2D eigenvalue weighted by Crippen LogP contribution is 2.48. The van der Waals surface area contributed by atoms with Crippen molar-refractivity contribution in [2.45, 2.75) is 19.3 Å². The van der Waals surface area contributed by atoms with Crippen LogP contribution >= 0.6 is 0 Å². The molecule has 1 aliphatic rings. The van der Waals surface area contributed by atoms with Crippen LogP contribution in [0.1, 0.15) is 25.0 Å². The highest BCUT2D eigenvalue weighted by Gasteiger charge is 2.35. The molecule has 0 saturated heterocycles. The lowest BCUT2D eigenvalue weighted by Gasteiger charge is -2.35. The topological polar surface area (TPSA) is 4.93 Å². The summed E-state index contributed by atoms with van der Waals surface area (Å²) in [6, 6.07) is 33.2. The zero-order valence-corrected chi connectivity index (χ0v) is 16.1. The van der Waals surface area contributed by atoms with Crippen molar-refractivity contribution >= 4 is 21.8 Å². The summed E-state index contributed by atoms with van der Waals surface area (Å²) in [6.07, 6.45) is 0. The monoisotopic (exact) mass is 359 g/mol. The van der Waals surface area contributed by atoms with Gasteiger partial charge in [-0.1, -0.05) is 86.6 Å². The molecule has 0 bridgehead atoms. The van der Waals surface area contributed by atoms with Crippen molar-refractivity contribution in [3.8, 4) is 16.8 Å². The third kappa shape index (κ3) is 1.91. The van der Waals surface area contributed by atoms with Crippen LogP contribution in [0.5, 0.6) is 0 Å². The number of hydrogen-bond donors (Lipinski definition) is 0. The number of rotatable bonds is 1. The molecule has 1 heteroatoms. The Morgan fingerprint density at radius 1 is 0.607 bits per heavy atom. The predicted molar refractivity (Wildman–Crippen MR) is 118 cm³/mol. The summed E-state index contributed by atoms with van der Waals surface area (Å²) in [7, 11) is 0. The molecular weight excluding hydrogens is 338 g/mol. The van der Waals surface area contributed by atoms with Gasteiger partial charge in [0.2, 0.25) is 0 Å². The van der Waals surface area contributed by atoms with Crippen molar-refractivity contribution in [2.75, 3.05) is 0 Å². The number of para-hydroxylation sites is 2. The second kappa shape index (κ2) is 5.36. The minimum Gasteiger partial charge on any atom is -0.309 e. The molecule has 0 atom stereocenters. The van der Waals surface area contributed by atoms with E-state index in [1.165, 1.54) is 49.7 Å². The molecule has 0 radical (unpaired) electrons. The Morgan fingerprint density at radius 2 is 1.36 bits per heavy atom. The van der Waals surface area contributed by atoms with Gasteiger partial charge in [0.05, 0.1) is 16.7 Å². The van der Waals surface area contributed by atoms with Gasteiger partial charge < -0.3 is 4.57 Å². The van der Waals surface area contributed by atoms with Crippen LogP contribution in [0, 0.1) is 0 Å². The third-order valence-electron chi connectivity index (χ3n) is 6.39. The molecule has 0 N–H and O–H groups in total. The zero-order valence-electron chi connectivity index (χ0n) is 16.1. The van der Waals surface area contributed by atoms with E-state index in [2.05, 4.69) is 109 Å². The third-order valence-corrected chi connectivity index (χ3v) is 6.39. The van der Waals surface area contributed by atoms with E-state index < -0.39 is 0 Å². The molecule has 5 aromatic rings. The highest BCUT2D eigenvalue weighted by molar-refractivity contribution is 6.11. The van der Waals surface area contributed by atoms with Crippen LogP contribution in [-0.2, 0) is 5.41 Å². The van der Waals surface area contributed by atoms with Gasteiger partial charge in [0.25, 0.3) is 0 Å². The first-order valence-corrected chi connectivity index (χ1v) is 9.89. The molecule has 0 amide bonds. The number of aromatic nitrogens is 1. The van der Waals surface area contributed by atoms with Crippen LogP contribution in [0.2, 0.25) is 0 Å². The Balaban J connectivity index is 1.76. The molecule has 0 unspecified atom stereocenters. The standard InChI is InChI=1S/C27H21N/c1-27(2)22-13-8-12-21-20-11-6-7-14-24(20)28(26(21)22)25-16-15-19(17-23(25)27)18-9-4-3-5-10-18/h3-17H,1-2H3. The van der Waals surface area contributed by atoms with E-state index in [0.29, 0.717) is 0 Å². The van der Waals surface area contributed by atoms with Gasteiger partial charge >= 0.3 is 0 Å².